The molecule has 3 heterocycles. The number of carbonyl (C=O) groups is 1. The Morgan fingerprint density at radius 2 is 2.03 bits per heavy atom. The van der Waals surface area contributed by atoms with Gasteiger partial charge < -0.3 is 9.73 Å². The van der Waals surface area contributed by atoms with Crippen LogP contribution < -0.4 is 5.32 Å². The number of hydrogen-bond donors (Lipinski definition) is 1. The van der Waals surface area contributed by atoms with Gasteiger partial charge in [-0.25, -0.2) is 9.37 Å². The van der Waals surface area contributed by atoms with Crippen molar-refractivity contribution in [2.45, 2.75) is 6.92 Å². The summed E-state index contributed by atoms with van der Waals surface area (Å²) in [6, 6.07) is 15.2. The van der Waals surface area contributed by atoms with Crippen LogP contribution in [0.4, 0.5) is 10.1 Å². The first-order chi connectivity index (χ1) is 14.6. The van der Waals surface area contributed by atoms with Gasteiger partial charge in [-0.1, -0.05) is 12.1 Å². The third kappa shape index (κ3) is 3.22. The number of anilines is 1. The first-order valence-electron chi connectivity index (χ1n) is 8.90. The monoisotopic (exact) mass is 420 g/mol. The van der Waals surface area contributed by atoms with Crippen molar-refractivity contribution in [1.82, 2.24) is 25.2 Å². The van der Waals surface area contributed by atoms with Gasteiger partial charge in [0, 0.05) is 5.69 Å². The molecule has 8 nitrogen and oxygen atoms in total. The van der Waals surface area contributed by atoms with Crippen molar-refractivity contribution in [1.29, 1.82) is 0 Å². The van der Waals surface area contributed by atoms with Crippen LogP contribution in [0.2, 0.25) is 0 Å². The molecule has 30 heavy (non-hydrogen) atoms. The number of rotatable bonds is 4. The zero-order valence-electron chi connectivity index (χ0n) is 15.5. The molecule has 0 radical (unpaired) electrons. The molecule has 148 valence electrons. The maximum absolute atomic E-state index is 14.2. The number of nitrogens with one attached hydrogen (secondary N) is 1. The number of hydrogen-bond acceptors (Lipinski definition) is 7. The van der Waals surface area contributed by atoms with E-state index >= 15 is 0 Å². The number of amides is 1. The molecular formula is C20H13FN6O2S. The normalized spacial score (nSPS) is 11.1. The topological polar surface area (TPSA) is 98.7 Å². The lowest BCUT2D eigenvalue weighted by Gasteiger charge is -2.08. The van der Waals surface area contributed by atoms with E-state index in [2.05, 4.69) is 25.8 Å². The summed E-state index contributed by atoms with van der Waals surface area (Å²) in [5.41, 5.74) is 1.38. The van der Waals surface area contributed by atoms with Crippen LogP contribution in [0.1, 0.15) is 16.4 Å². The molecule has 0 spiro atoms. The van der Waals surface area contributed by atoms with E-state index in [0.29, 0.717) is 22.3 Å². The van der Waals surface area contributed by atoms with Crippen LogP contribution >= 0.6 is 11.3 Å². The number of carbonyl (C=O) groups excluding carboxylic acids is 1. The van der Waals surface area contributed by atoms with Crippen molar-refractivity contribution >= 4 is 33.1 Å². The van der Waals surface area contributed by atoms with Gasteiger partial charge in [0.25, 0.3) is 5.91 Å². The predicted octanol–water partition coefficient (Wildman–Crippen LogP) is 4.23. The molecule has 0 aliphatic carbocycles. The smallest absolute Gasteiger partial charge is 0.291 e. The van der Waals surface area contributed by atoms with Crippen molar-refractivity contribution in [3.63, 3.8) is 0 Å². The van der Waals surface area contributed by atoms with Gasteiger partial charge in [-0.15, -0.1) is 16.4 Å². The zero-order valence-corrected chi connectivity index (χ0v) is 16.4. The molecule has 0 saturated carbocycles. The molecule has 5 rings (SSSR count). The van der Waals surface area contributed by atoms with Crippen LogP contribution in [0.3, 0.4) is 0 Å². The van der Waals surface area contributed by atoms with E-state index in [4.69, 9.17) is 4.42 Å². The van der Waals surface area contributed by atoms with Gasteiger partial charge >= 0.3 is 0 Å². The average molecular weight is 420 g/mol. The van der Waals surface area contributed by atoms with Gasteiger partial charge in [0.1, 0.15) is 11.5 Å². The van der Waals surface area contributed by atoms with E-state index in [1.807, 2.05) is 24.3 Å². The second-order valence-corrected chi connectivity index (χ2v) is 7.44. The molecule has 3 aromatic heterocycles. The highest BCUT2D eigenvalue weighted by molar-refractivity contribution is 7.21. The summed E-state index contributed by atoms with van der Waals surface area (Å²) in [6.07, 6.45) is 0. The van der Waals surface area contributed by atoms with E-state index < -0.39 is 11.7 Å². The number of aromatic nitrogens is 5. The van der Waals surface area contributed by atoms with Crippen LogP contribution in [0.15, 0.2) is 59.0 Å². The molecule has 2 aromatic carbocycles. The Bertz CT molecular complexity index is 1360. The van der Waals surface area contributed by atoms with E-state index in [-0.39, 0.29) is 11.4 Å². The number of benzene rings is 2. The quantitative estimate of drug-likeness (QED) is 0.467. The molecule has 0 unspecified atom stereocenters. The minimum Gasteiger partial charge on any atom is -0.448 e. The number of fused-ring (bicyclic) bond motifs is 1. The highest BCUT2D eigenvalue weighted by Gasteiger charge is 2.17. The zero-order chi connectivity index (χ0) is 20.7. The van der Waals surface area contributed by atoms with Gasteiger partial charge in [-0.3, -0.25) is 4.79 Å². The molecule has 1 N–H and O–H groups in total. The summed E-state index contributed by atoms with van der Waals surface area (Å²) >= 11 is 1.48. The number of thiazole rings is 1. The fraction of sp³-hybridized carbons (Fsp3) is 0.0500. The van der Waals surface area contributed by atoms with Gasteiger partial charge in [0.05, 0.1) is 10.2 Å². The molecule has 5 aromatic rings. The highest BCUT2D eigenvalue weighted by atomic mass is 32.1. The summed E-state index contributed by atoms with van der Waals surface area (Å²) in [5, 5.41) is 14.4. The Morgan fingerprint density at radius 1 is 1.17 bits per heavy atom. The summed E-state index contributed by atoms with van der Waals surface area (Å²) in [5.74, 6) is 0.0657. The Balaban J connectivity index is 1.39. The molecule has 0 aliphatic rings. The molecule has 0 fully saturated rings. The first kappa shape index (κ1) is 18.1. The molecular weight excluding hydrogens is 407 g/mol. The Morgan fingerprint density at radius 3 is 2.83 bits per heavy atom. The fourth-order valence-corrected chi connectivity index (χ4v) is 3.88. The van der Waals surface area contributed by atoms with Crippen LogP contribution in [0.5, 0.6) is 0 Å². The summed E-state index contributed by atoms with van der Waals surface area (Å²) in [4.78, 5) is 17.1. The molecule has 1 amide bonds. The van der Waals surface area contributed by atoms with Crippen molar-refractivity contribution < 1.29 is 13.6 Å². The molecule has 10 heteroatoms. The van der Waals surface area contributed by atoms with E-state index in [1.54, 1.807) is 19.1 Å². The van der Waals surface area contributed by atoms with Crippen LogP contribution in [0, 0.1) is 12.7 Å². The number of tetrazole rings is 1. The van der Waals surface area contributed by atoms with E-state index in [1.165, 1.54) is 34.2 Å². The van der Waals surface area contributed by atoms with Gasteiger partial charge in [0.2, 0.25) is 0 Å². The van der Waals surface area contributed by atoms with Crippen molar-refractivity contribution in [2.24, 2.45) is 0 Å². The molecule has 0 atom stereocenters. The summed E-state index contributed by atoms with van der Waals surface area (Å²) in [7, 11) is 0. The fourth-order valence-electron chi connectivity index (χ4n) is 2.95. The summed E-state index contributed by atoms with van der Waals surface area (Å²) in [6.45, 7) is 1.65. The minimum atomic E-state index is -0.514. The minimum absolute atomic E-state index is 0.119. The third-order valence-electron chi connectivity index (χ3n) is 4.39. The van der Waals surface area contributed by atoms with Crippen molar-refractivity contribution in [3.05, 3.63) is 72.0 Å². The van der Waals surface area contributed by atoms with E-state index in [9.17, 15) is 9.18 Å². The van der Waals surface area contributed by atoms with E-state index in [0.717, 1.165) is 10.2 Å². The maximum Gasteiger partial charge on any atom is 0.291 e. The van der Waals surface area contributed by atoms with Crippen LogP contribution in [-0.4, -0.2) is 31.1 Å². The third-order valence-corrected chi connectivity index (χ3v) is 5.44. The lowest BCUT2D eigenvalue weighted by molar-refractivity contribution is 0.0997. The number of halogens is 1. The predicted molar refractivity (Wildman–Crippen MR) is 109 cm³/mol. The highest BCUT2D eigenvalue weighted by Crippen LogP contribution is 2.31. The van der Waals surface area contributed by atoms with Gasteiger partial charge in [0.15, 0.2) is 22.4 Å². The number of aryl methyl sites for hydroxylation is 1. The van der Waals surface area contributed by atoms with Crippen LogP contribution in [-0.2, 0) is 0 Å². The molecule has 0 saturated heterocycles. The summed E-state index contributed by atoms with van der Waals surface area (Å²) < 4.78 is 22.2. The van der Waals surface area contributed by atoms with Gasteiger partial charge in [-0.2, -0.15) is 4.68 Å². The lowest BCUT2D eigenvalue weighted by Crippen LogP contribution is -2.12. The van der Waals surface area contributed by atoms with Crippen molar-refractivity contribution in [2.75, 3.05) is 5.32 Å². The van der Waals surface area contributed by atoms with Crippen molar-refractivity contribution in [3.8, 4) is 16.5 Å². The largest absolute Gasteiger partial charge is 0.448 e. The average Bonchev–Trinajstić information content (AvgIpc) is 3.48. The Hall–Kier alpha value is -3.92. The number of furan rings is 1. The molecule has 0 aliphatic heterocycles. The van der Waals surface area contributed by atoms with Gasteiger partial charge in [-0.05, 0) is 59.8 Å². The second kappa shape index (κ2) is 7.16. The second-order valence-electron chi connectivity index (χ2n) is 6.41. The Kier molecular flexibility index (Phi) is 4.32. The first-order valence-corrected chi connectivity index (χ1v) is 9.72. The number of para-hydroxylation sites is 1. The van der Waals surface area contributed by atoms with Crippen LogP contribution in [0.25, 0.3) is 26.7 Å². The Labute approximate surface area is 173 Å². The standard InChI is InChI=1S/C20H13FN6O2S/c1-11-24-25-26-27(11)15-10-12(6-7-13(15)21)22-19(28)16-8-9-17(29-16)20-23-14-4-2-3-5-18(14)30-20/h2-10H,1H3,(H,22,28). The molecule has 0 bridgehead atoms. The lowest BCUT2D eigenvalue weighted by atomic mass is 10.2. The SMILES string of the molecule is Cc1nnnn1-c1cc(NC(=O)c2ccc(-c3nc4ccccc4s3)o2)ccc1F. The number of nitrogens with zero attached hydrogens (tertiary/aromatic N) is 5. The maximum atomic E-state index is 14.2.